The first kappa shape index (κ1) is 17.0. The molecule has 5 heteroatoms. The summed E-state index contributed by atoms with van der Waals surface area (Å²) in [6.07, 6.45) is 2.04. The summed E-state index contributed by atoms with van der Waals surface area (Å²) in [6.45, 7) is 4.85. The lowest BCUT2D eigenvalue weighted by atomic mass is 10.2. The first-order valence-corrected chi connectivity index (χ1v) is 7.71. The molecule has 0 spiro atoms. The quantitative estimate of drug-likeness (QED) is 0.763. The molecule has 1 aromatic rings. The average Bonchev–Trinajstić information content (AvgIpc) is 2.38. The fourth-order valence-corrected chi connectivity index (χ4v) is 2.39. The molecule has 0 saturated heterocycles. The number of amides is 1. The van der Waals surface area contributed by atoms with Crippen molar-refractivity contribution in [1.29, 1.82) is 0 Å². The van der Waals surface area contributed by atoms with Crippen LogP contribution in [0.3, 0.4) is 0 Å². The van der Waals surface area contributed by atoms with Gasteiger partial charge in [0.1, 0.15) is 5.75 Å². The number of hydrogen-bond donors (Lipinski definition) is 2. The van der Waals surface area contributed by atoms with Gasteiger partial charge in [-0.25, -0.2) is 0 Å². The molecule has 20 heavy (non-hydrogen) atoms. The van der Waals surface area contributed by atoms with Crippen LogP contribution in [0.1, 0.15) is 32.3 Å². The molecule has 112 valence electrons. The van der Waals surface area contributed by atoms with Gasteiger partial charge in [0.2, 0.25) is 0 Å². The van der Waals surface area contributed by atoms with Crippen LogP contribution in [-0.4, -0.2) is 25.6 Å². The molecule has 0 bridgehead atoms. The zero-order chi connectivity index (χ0) is 15.0. The monoisotopic (exact) mass is 342 g/mol. The molecule has 2 N–H and O–H groups in total. The molecule has 0 saturated carbocycles. The Morgan fingerprint density at radius 2 is 2.20 bits per heavy atom. The lowest BCUT2D eigenvalue weighted by Gasteiger charge is -2.15. The second kappa shape index (κ2) is 8.97. The Balaban J connectivity index is 2.54. The summed E-state index contributed by atoms with van der Waals surface area (Å²) < 4.78 is 6.61. The molecule has 4 nitrogen and oxygen atoms in total. The van der Waals surface area contributed by atoms with E-state index >= 15 is 0 Å². The highest BCUT2D eigenvalue weighted by Crippen LogP contribution is 2.23. The van der Waals surface area contributed by atoms with Crippen molar-refractivity contribution in [3.05, 3.63) is 28.2 Å². The van der Waals surface area contributed by atoms with E-state index in [1.807, 2.05) is 32.2 Å². The van der Waals surface area contributed by atoms with Crippen molar-refractivity contribution in [1.82, 2.24) is 10.6 Å². The van der Waals surface area contributed by atoms with E-state index < -0.39 is 0 Å². The maximum atomic E-state index is 11.8. The van der Waals surface area contributed by atoms with Crippen LogP contribution in [0.2, 0.25) is 0 Å². The van der Waals surface area contributed by atoms with Crippen LogP contribution in [0.4, 0.5) is 0 Å². The predicted octanol–water partition coefficient (Wildman–Crippen LogP) is 2.85. The summed E-state index contributed by atoms with van der Waals surface area (Å²) in [7, 11) is 1.88. The fraction of sp³-hybridized carbons (Fsp3) is 0.533. The molecule has 0 heterocycles. The van der Waals surface area contributed by atoms with Crippen LogP contribution in [0.25, 0.3) is 0 Å². The third-order valence-electron chi connectivity index (χ3n) is 2.88. The Labute approximate surface area is 129 Å². The number of carbonyl (C=O) groups is 1. The number of benzene rings is 1. The Kier molecular flexibility index (Phi) is 7.62. The Bertz CT molecular complexity index is 438. The number of hydrogen-bond acceptors (Lipinski definition) is 3. The third kappa shape index (κ3) is 5.92. The summed E-state index contributed by atoms with van der Waals surface area (Å²) in [6, 6.07) is 5.97. The summed E-state index contributed by atoms with van der Waals surface area (Å²) in [5.41, 5.74) is 1.02. The van der Waals surface area contributed by atoms with Gasteiger partial charge in [-0.15, -0.1) is 0 Å². The molecule has 0 fully saturated rings. The molecule has 0 aliphatic rings. The van der Waals surface area contributed by atoms with Crippen molar-refractivity contribution in [3.63, 3.8) is 0 Å². The number of halogens is 1. The Hall–Kier alpha value is -1.07. The fourth-order valence-electron chi connectivity index (χ4n) is 1.98. The standard InChI is InChI=1S/C15H23BrN2O2/c1-4-5-11(2)18-15(19)10-20-14-7-6-13(16)8-12(14)9-17-3/h6-8,11,17H,4-5,9-10H2,1-3H3,(H,18,19). The van der Waals surface area contributed by atoms with Gasteiger partial charge < -0.3 is 15.4 Å². The van der Waals surface area contributed by atoms with Crippen molar-refractivity contribution in [2.45, 2.75) is 39.3 Å². The van der Waals surface area contributed by atoms with Crippen molar-refractivity contribution in [3.8, 4) is 5.75 Å². The first-order chi connectivity index (χ1) is 9.56. The minimum atomic E-state index is -0.0794. The molecule has 1 amide bonds. The van der Waals surface area contributed by atoms with Crippen LogP contribution in [0.5, 0.6) is 5.75 Å². The summed E-state index contributed by atoms with van der Waals surface area (Å²) in [5, 5.41) is 6.01. The average molecular weight is 343 g/mol. The number of carbonyl (C=O) groups excluding carboxylic acids is 1. The number of ether oxygens (including phenoxy) is 1. The van der Waals surface area contributed by atoms with Crippen LogP contribution in [0, 0.1) is 0 Å². The maximum absolute atomic E-state index is 11.8. The predicted molar refractivity (Wildman–Crippen MR) is 84.9 cm³/mol. The molecule has 0 aromatic heterocycles. The van der Waals surface area contributed by atoms with E-state index in [1.165, 1.54) is 0 Å². The third-order valence-corrected chi connectivity index (χ3v) is 3.37. The number of nitrogens with one attached hydrogen (secondary N) is 2. The molecular weight excluding hydrogens is 320 g/mol. The van der Waals surface area contributed by atoms with E-state index in [9.17, 15) is 4.79 Å². The van der Waals surface area contributed by atoms with Crippen LogP contribution < -0.4 is 15.4 Å². The van der Waals surface area contributed by atoms with Crippen molar-refractivity contribution >= 4 is 21.8 Å². The van der Waals surface area contributed by atoms with E-state index in [0.717, 1.165) is 28.6 Å². The summed E-state index contributed by atoms with van der Waals surface area (Å²) in [5.74, 6) is 0.658. The van der Waals surface area contributed by atoms with E-state index in [0.29, 0.717) is 6.54 Å². The highest BCUT2D eigenvalue weighted by atomic mass is 79.9. The highest BCUT2D eigenvalue weighted by molar-refractivity contribution is 9.10. The minimum Gasteiger partial charge on any atom is -0.483 e. The highest BCUT2D eigenvalue weighted by Gasteiger charge is 2.09. The Morgan fingerprint density at radius 3 is 2.85 bits per heavy atom. The van der Waals surface area contributed by atoms with Gasteiger partial charge in [0, 0.05) is 22.6 Å². The van der Waals surface area contributed by atoms with E-state index in [1.54, 1.807) is 0 Å². The van der Waals surface area contributed by atoms with Crippen LogP contribution in [0.15, 0.2) is 22.7 Å². The van der Waals surface area contributed by atoms with Gasteiger partial charge in [0.05, 0.1) is 0 Å². The smallest absolute Gasteiger partial charge is 0.258 e. The second-order valence-corrected chi connectivity index (χ2v) is 5.74. The van der Waals surface area contributed by atoms with Gasteiger partial charge in [-0.05, 0) is 38.6 Å². The molecule has 0 radical (unpaired) electrons. The normalized spacial score (nSPS) is 12.0. The topological polar surface area (TPSA) is 50.4 Å². The van der Waals surface area contributed by atoms with Crippen molar-refractivity contribution in [2.75, 3.05) is 13.7 Å². The van der Waals surface area contributed by atoms with Gasteiger partial charge in [0.25, 0.3) is 5.91 Å². The molecule has 0 aliphatic carbocycles. The zero-order valence-electron chi connectivity index (χ0n) is 12.3. The van der Waals surface area contributed by atoms with Gasteiger partial charge in [-0.2, -0.15) is 0 Å². The van der Waals surface area contributed by atoms with Gasteiger partial charge >= 0.3 is 0 Å². The largest absolute Gasteiger partial charge is 0.483 e. The maximum Gasteiger partial charge on any atom is 0.258 e. The van der Waals surface area contributed by atoms with Crippen LogP contribution in [-0.2, 0) is 11.3 Å². The summed E-state index contributed by atoms with van der Waals surface area (Å²) >= 11 is 3.43. The van der Waals surface area contributed by atoms with Gasteiger partial charge in [0.15, 0.2) is 6.61 Å². The summed E-state index contributed by atoms with van der Waals surface area (Å²) in [4.78, 5) is 11.8. The second-order valence-electron chi connectivity index (χ2n) is 4.83. The molecule has 1 unspecified atom stereocenters. The van der Waals surface area contributed by atoms with Crippen LogP contribution >= 0.6 is 15.9 Å². The lowest BCUT2D eigenvalue weighted by molar-refractivity contribution is -0.123. The van der Waals surface area contributed by atoms with Crippen molar-refractivity contribution in [2.24, 2.45) is 0 Å². The minimum absolute atomic E-state index is 0.0480. The molecular formula is C15H23BrN2O2. The molecule has 0 aliphatic heterocycles. The lowest BCUT2D eigenvalue weighted by Crippen LogP contribution is -2.36. The number of rotatable bonds is 8. The molecule has 1 aromatic carbocycles. The van der Waals surface area contributed by atoms with E-state index in [4.69, 9.17) is 4.74 Å². The first-order valence-electron chi connectivity index (χ1n) is 6.92. The van der Waals surface area contributed by atoms with Gasteiger partial charge in [-0.3, -0.25) is 4.79 Å². The van der Waals surface area contributed by atoms with E-state index in [-0.39, 0.29) is 18.6 Å². The van der Waals surface area contributed by atoms with E-state index in [2.05, 4.69) is 33.5 Å². The zero-order valence-corrected chi connectivity index (χ0v) is 13.9. The van der Waals surface area contributed by atoms with Crippen molar-refractivity contribution < 1.29 is 9.53 Å². The molecule has 1 atom stereocenters. The SMILES string of the molecule is CCCC(C)NC(=O)COc1ccc(Br)cc1CNC. The van der Waals surface area contributed by atoms with Gasteiger partial charge in [-0.1, -0.05) is 29.3 Å². The molecule has 1 rings (SSSR count). The Morgan fingerprint density at radius 1 is 1.45 bits per heavy atom.